The van der Waals surface area contributed by atoms with Crippen molar-refractivity contribution in [2.24, 2.45) is 0 Å². The van der Waals surface area contributed by atoms with E-state index in [1.165, 1.54) is 5.56 Å². The number of piperidine rings is 1. The molecule has 1 aliphatic rings. The van der Waals surface area contributed by atoms with Crippen LogP contribution < -0.4 is 5.32 Å². The quantitative estimate of drug-likeness (QED) is 0.927. The number of aryl methyl sites for hydroxylation is 1. The normalized spacial score (nSPS) is 15.2. The number of rotatable bonds is 2. The van der Waals surface area contributed by atoms with Crippen molar-refractivity contribution in [3.05, 3.63) is 41.7 Å². The lowest BCUT2D eigenvalue weighted by Gasteiger charge is -2.19. The average molecular weight is 315 g/mol. The van der Waals surface area contributed by atoms with Gasteiger partial charge in [-0.2, -0.15) is 0 Å². The zero-order chi connectivity index (χ0) is 12.4. The van der Waals surface area contributed by atoms with Gasteiger partial charge in [-0.15, -0.1) is 29.9 Å². The number of nitrogens with zero attached hydrogens (tertiary/aromatic N) is 3. The minimum atomic E-state index is 0. The molecule has 110 valence electrons. The molecule has 1 aromatic heterocycles. The summed E-state index contributed by atoms with van der Waals surface area (Å²) in [5.74, 6) is 0.560. The molecule has 0 bridgehead atoms. The van der Waals surface area contributed by atoms with Crippen LogP contribution in [0.5, 0.6) is 0 Å². The first kappa shape index (κ1) is 17.0. The molecule has 4 nitrogen and oxygen atoms in total. The van der Waals surface area contributed by atoms with Crippen molar-refractivity contribution in [1.82, 2.24) is 20.3 Å². The number of halogens is 2. The van der Waals surface area contributed by atoms with Crippen LogP contribution in [0.1, 0.15) is 30.0 Å². The Bertz CT molecular complexity index is 535. The molecule has 0 unspecified atom stereocenters. The zero-order valence-electron chi connectivity index (χ0n) is 11.5. The van der Waals surface area contributed by atoms with Crippen LogP contribution in [0.3, 0.4) is 0 Å². The Morgan fingerprint density at radius 1 is 1.20 bits per heavy atom. The maximum Gasteiger partial charge on any atom is 0.0863 e. The zero-order valence-corrected chi connectivity index (χ0v) is 13.1. The monoisotopic (exact) mass is 314 g/mol. The van der Waals surface area contributed by atoms with E-state index in [1.807, 2.05) is 4.68 Å². The molecule has 1 aromatic carbocycles. The summed E-state index contributed by atoms with van der Waals surface area (Å²) in [6.07, 6.45) is 4.39. The van der Waals surface area contributed by atoms with Crippen LogP contribution in [-0.4, -0.2) is 28.1 Å². The minimum absolute atomic E-state index is 0. The lowest BCUT2D eigenvalue weighted by Crippen LogP contribution is -2.26. The van der Waals surface area contributed by atoms with Crippen molar-refractivity contribution in [3.8, 4) is 5.69 Å². The molecule has 0 spiro atoms. The predicted molar refractivity (Wildman–Crippen MR) is 85.4 cm³/mol. The van der Waals surface area contributed by atoms with Crippen LogP contribution in [0.2, 0.25) is 0 Å². The van der Waals surface area contributed by atoms with E-state index >= 15 is 0 Å². The number of hydrogen-bond acceptors (Lipinski definition) is 3. The van der Waals surface area contributed by atoms with Crippen molar-refractivity contribution in [2.45, 2.75) is 25.7 Å². The number of benzene rings is 1. The van der Waals surface area contributed by atoms with Gasteiger partial charge < -0.3 is 5.32 Å². The van der Waals surface area contributed by atoms with E-state index in [2.05, 4.69) is 53.0 Å². The second-order valence-electron chi connectivity index (χ2n) is 4.95. The highest BCUT2D eigenvalue weighted by molar-refractivity contribution is 5.85. The Kier molecular flexibility index (Phi) is 6.46. The topological polar surface area (TPSA) is 42.7 Å². The van der Waals surface area contributed by atoms with Crippen LogP contribution in [0.4, 0.5) is 0 Å². The standard InChI is InChI=1S/C14H18N4.2ClH/c1-11-3-2-4-13(9-11)18-10-14(16-17-18)12-5-7-15-8-6-12;;/h2-4,9-10,12,15H,5-8H2,1H3;2*1H. The second-order valence-corrected chi connectivity index (χ2v) is 4.95. The maximum atomic E-state index is 4.33. The van der Waals surface area contributed by atoms with E-state index in [-0.39, 0.29) is 24.8 Å². The summed E-state index contributed by atoms with van der Waals surface area (Å²) in [7, 11) is 0. The third kappa shape index (κ3) is 3.72. The van der Waals surface area contributed by atoms with Gasteiger partial charge in [-0.1, -0.05) is 17.3 Å². The van der Waals surface area contributed by atoms with E-state index < -0.39 is 0 Å². The Morgan fingerprint density at radius 3 is 2.65 bits per heavy atom. The predicted octanol–water partition coefficient (Wildman–Crippen LogP) is 2.89. The molecule has 1 N–H and O–H groups in total. The fourth-order valence-corrected chi connectivity index (χ4v) is 2.48. The van der Waals surface area contributed by atoms with E-state index in [0.29, 0.717) is 5.92 Å². The van der Waals surface area contributed by atoms with E-state index in [9.17, 15) is 0 Å². The lowest BCUT2D eigenvalue weighted by atomic mass is 9.95. The summed E-state index contributed by atoms with van der Waals surface area (Å²) in [6, 6.07) is 8.33. The molecule has 0 radical (unpaired) electrons. The van der Waals surface area contributed by atoms with Crippen LogP contribution in [-0.2, 0) is 0 Å². The summed E-state index contributed by atoms with van der Waals surface area (Å²) in [5.41, 5.74) is 3.45. The summed E-state index contributed by atoms with van der Waals surface area (Å²) in [5, 5.41) is 12.0. The molecule has 1 saturated heterocycles. The first-order chi connectivity index (χ1) is 8.83. The molecule has 6 heteroatoms. The van der Waals surface area contributed by atoms with Crippen molar-refractivity contribution in [3.63, 3.8) is 0 Å². The minimum Gasteiger partial charge on any atom is -0.317 e. The van der Waals surface area contributed by atoms with Gasteiger partial charge in [0.25, 0.3) is 0 Å². The van der Waals surface area contributed by atoms with E-state index in [4.69, 9.17) is 0 Å². The Morgan fingerprint density at radius 2 is 1.95 bits per heavy atom. The molecular formula is C14H20Cl2N4. The largest absolute Gasteiger partial charge is 0.317 e. The molecular weight excluding hydrogens is 295 g/mol. The summed E-state index contributed by atoms with van der Waals surface area (Å²) >= 11 is 0. The number of aromatic nitrogens is 3. The van der Waals surface area contributed by atoms with Crippen molar-refractivity contribution >= 4 is 24.8 Å². The van der Waals surface area contributed by atoms with Gasteiger partial charge in [0.05, 0.1) is 17.6 Å². The highest BCUT2D eigenvalue weighted by atomic mass is 35.5. The molecule has 2 aromatic rings. The van der Waals surface area contributed by atoms with Crippen LogP contribution in [0, 0.1) is 6.92 Å². The van der Waals surface area contributed by atoms with Crippen LogP contribution in [0.25, 0.3) is 5.69 Å². The first-order valence-corrected chi connectivity index (χ1v) is 6.53. The maximum absolute atomic E-state index is 4.33. The molecule has 20 heavy (non-hydrogen) atoms. The molecule has 0 amide bonds. The summed E-state index contributed by atoms with van der Waals surface area (Å²) in [6.45, 7) is 4.26. The summed E-state index contributed by atoms with van der Waals surface area (Å²) < 4.78 is 1.88. The highest BCUT2D eigenvalue weighted by Gasteiger charge is 2.18. The van der Waals surface area contributed by atoms with E-state index in [1.54, 1.807) is 0 Å². The Labute approximate surface area is 131 Å². The van der Waals surface area contributed by atoms with Gasteiger partial charge in [-0.3, -0.25) is 0 Å². The van der Waals surface area contributed by atoms with Gasteiger partial charge in [0, 0.05) is 5.92 Å². The van der Waals surface area contributed by atoms with Gasteiger partial charge in [0.15, 0.2) is 0 Å². The van der Waals surface area contributed by atoms with Crippen molar-refractivity contribution in [2.75, 3.05) is 13.1 Å². The SMILES string of the molecule is Cc1cccc(-n2cc(C3CCNCC3)nn2)c1.Cl.Cl. The first-order valence-electron chi connectivity index (χ1n) is 6.53. The average Bonchev–Trinajstić information content (AvgIpc) is 2.89. The molecule has 1 aliphatic heterocycles. The van der Waals surface area contributed by atoms with Crippen LogP contribution >= 0.6 is 24.8 Å². The molecule has 0 saturated carbocycles. The highest BCUT2D eigenvalue weighted by Crippen LogP contribution is 2.23. The van der Waals surface area contributed by atoms with Gasteiger partial charge in [-0.05, 0) is 50.6 Å². The van der Waals surface area contributed by atoms with Gasteiger partial charge >= 0.3 is 0 Å². The third-order valence-corrected chi connectivity index (χ3v) is 3.53. The van der Waals surface area contributed by atoms with E-state index in [0.717, 1.165) is 37.3 Å². The summed E-state index contributed by atoms with van der Waals surface area (Å²) in [4.78, 5) is 0. The lowest BCUT2D eigenvalue weighted by molar-refractivity contribution is 0.453. The van der Waals surface area contributed by atoms with Gasteiger partial charge in [0.1, 0.15) is 0 Å². The molecule has 1 fully saturated rings. The van der Waals surface area contributed by atoms with Crippen molar-refractivity contribution in [1.29, 1.82) is 0 Å². The molecule has 2 heterocycles. The fraction of sp³-hybridized carbons (Fsp3) is 0.429. The molecule has 0 atom stereocenters. The molecule has 3 rings (SSSR count). The van der Waals surface area contributed by atoms with Crippen molar-refractivity contribution < 1.29 is 0 Å². The van der Waals surface area contributed by atoms with Gasteiger partial charge in [0.2, 0.25) is 0 Å². The second kappa shape index (κ2) is 7.62. The Hall–Kier alpha value is -1.10. The number of nitrogens with one attached hydrogen (secondary N) is 1. The Balaban J connectivity index is 0.000001000. The number of hydrogen-bond donors (Lipinski definition) is 1. The third-order valence-electron chi connectivity index (χ3n) is 3.53. The van der Waals surface area contributed by atoms with Crippen LogP contribution in [0.15, 0.2) is 30.5 Å². The molecule has 0 aliphatic carbocycles. The van der Waals surface area contributed by atoms with Gasteiger partial charge in [-0.25, -0.2) is 4.68 Å². The fourth-order valence-electron chi connectivity index (χ4n) is 2.48. The smallest absolute Gasteiger partial charge is 0.0863 e.